The molecule has 0 radical (unpaired) electrons. The first-order valence-corrected chi connectivity index (χ1v) is 12.7. The number of nitrogens with two attached hydrogens (primary N) is 1. The van der Waals surface area contributed by atoms with Crippen LogP contribution in [0.3, 0.4) is 0 Å². The molecule has 11 heteroatoms. The van der Waals surface area contributed by atoms with Crippen molar-refractivity contribution in [1.29, 1.82) is 0 Å². The topological polar surface area (TPSA) is 126 Å². The number of nitrogens with one attached hydrogen (secondary N) is 1. The molecule has 0 saturated heterocycles. The van der Waals surface area contributed by atoms with E-state index >= 15 is 0 Å². The first-order chi connectivity index (χ1) is 16.4. The summed E-state index contributed by atoms with van der Waals surface area (Å²) in [5, 5.41) is 13.5. The average Bonchev–Trinajstić information content (AvgIpc) is 3.30. The zero-order valence-electron chi connectivity index (χ0n) is 20.0. The lowest BCUT2D eigenvalue weighted by Crippen LogP contribution is -2.48. The van der Waals surface area contributed by atoms with Crippen LogP contribution in [0.5, 0.6) is 0 Å². The smallest absolute Gasteiger partial charge is 0.267 e. The maximum absolute atomic E-state index is 13.5. The van der Waals surface area contributed by atoms with Crippen LogP contribution in [0, 0.1) is 6.92 Å². The molecule has 0 unspecified atom stereocenters. The van der Waals surface area contributed by atoms with Gasteiger partial charge < -0.3 is 5.32 Å². The van der Waals surface area contributed by atoms with Crippen LogP contribution < -0.4 is 15.4 Å². The monoisotopic (exact) mass is 493 g/mol. The van der Waals surface area contributed by atoms with E-state index in [-0.39, 0.29) is 16.3 Å². The Hall–Kier alpha value is -3.70. The van der Waals surface area contributed by atoms with E-state index in [0.29, 0.717) is 36.2 Å². The summed E-state index contributed by atoms with van der Waals surface area (Å²) in [6.45, 7) is 6.96. The van der Waals surface area contributed by atoms with Crippen molar-refractivity contribution in [2.75, 3.05) is 23.8 Å². The van der Waals surface area contributed by atoms with Gasteiger partial charge in [0.15, 0.2) is 5.82 Å². The molecule has 3 aromatic rings. The molecule has 182 valence electrons. The van der Waals surface area contributed by atoms with Crippen LogP contribution >= 0.6 is 0 Å². The Morgan fingerprint density at radius 3 is 2.37 bits per heavy atom. The van der Waals surface area contributed by atoms with Crippen LogP contribution in [0.4, 0.5) is 17.3 Å². The third kappa shape index (κ3) is 4.17. The number of aromatic nitrogens is 2. The van der Waals surface area contributed by atoms with Gasteiger partial charge in [-0.25, -0.2) is 23.2 Å². The Labute approximate surface area is 204 Å². The van der Waals surface area contributed by atoms with Crippen molar-refractivity contribution in [2.45, 2.75) is 37.8 Å². The molecule has 3 heterocycles. The van der Waals surface area contributed by atoms with E-state index in [1.807, 2.05) is 49.9 Å². The number of guanidine groups is 1. The number of rotatable bonds is 5. The Bertz CT molecular complexity index is 1460. The Morgan fingerprint density at radius 2 is 1.74 bits per heavy atom. The van der Waals surface area contributed by atoms with E-state index in [2.05, 4.69) is 5.32 Å². The first-order valence-electron chi connectivity index (χ1n) is 11.1. The van der Waals surface area contributed by atoms with E-state index in [1.165, 1.54) is 12.1 Å². The molecule has 0 bridgehead atoms. The largest absolute Gasteiger partial charge is 0.340 e. The highest BCUT2D eigenvalue weighted by atomic mass is 32.2. The number of fused-ring (bicyclic) bond motifs is 3. The fourth-order valence-corrected chi connectivity index (χ4v) is 4.83. The highest BCUT2D eigenvalue weighted by molar-refractivity contribution is 7.89. The number of sulfonamides is 1. The zero-order valence-corrected chi connectivity index (χ0v) is 20.8. The quantitative estimate of drug-likeness (QED) is 0.563. The van der Waals surface area contributed by atoms with Gasteiger partial charge in [-0.1, -0.05) is 29.8 Å². The summed E-state index contributed by atoms with van der Waals surface area (Å²) in [6, 6.07) is 14.2. The van der Waals surface area contributed by atoms with Gasteiger partial charge in [0.25, 0.3) is 5.91 Å². The number of carbonyl (C=O) groups excluding carboxylic acids is 1. The van der Waals surface area contributed by atoms with Gasteiger partial charge in [0, 0.05) is 12.7 Å². The number of benzene rings is 2. The van der Waals surface area contributed by atoms with Crippen LogP contribution in [0.1, 0.15) is 35.3 Å². The fourth-order valence-electron chi connectivity index (χ4n) is 4.32. The van der Waals surface area contributed by atoms with Crippen molar-refractivity contribution in [3.63, 3.8) is 0 Å². The number of aryl methyl sites for hydroxylation is 1. The molecule has 2 aliphatic rings. The summed E-state index contributed by atoms with van der Waals surface area (Å²) in [5.41, 5.74) is 2.85. The van der Waals surface area contributed by atoms with Gasteiger partial charge in [0.1, 0.15) is 11.4 Å². The van der Waals surface area contributed by atoms with Gasteiger partial charge in [-0.3, -0.25) is 14.6 Å². The van der Waals surface area contributed by atoms with Crippen molar-refractivity contribution >= 4 is 39.2 Å². The summed E-state index contributed by atoms with van der Waals surface area (Å²) in [7, 11) is -2.07. The van der Waals surface area contributed by atoms with E-state index in [0.717, 1.165) is 16.8 Å². The lowest BCUT2D eigenvalue weighted by molar-refractivity contribution is 0.0866. The molecule has 0 fully saturated rings. The third-order valence-electron chi connectivity index (χ3n) is 6.10. The number of hydrogen-bond donors (Lipinski definition) is 2. The second-order valence-electron chi connectivity index (χ2n) is 9.56. The molecule has 1 aromatic heterocycles. The Kier molecular flexibility index (Phi) is 5.22. The predicted molar refractivity (Wildman–Crippen MR) is 135 cm³/mol. The van der Waals surface area contributed by atoms with Crippen molar-refractivity contribution in [1.82, 2.24) is 14.7 Å². The minimum atomic E-state index is -3.79. The molecule has 2 aliphatic heterocycles. The number of anilines is 3. The molecule has 2 aromatic carbocycles. The van der Waals surface area contributed by atoms with E-state index in [9.17, 15) is 13.2 Å². The summed E-state index contributed by atoms with van der Waals surface area (Å²) < 4.78 is 25.0. The number of amides is 1. The van der Waals surface area contributed by atoms with Crippen LogP contribution in [-0.4, -0.2) is 54.1 Å². The van der Waals surface area contributed by atoms with Crippen LogP contribution in [0.15, 0.2) is 58.4 Å². The lowest BCUT2D eigenvalue weighted by atomic mass is 10.1. The number of nitrogens with zero attached hydrogens (tertiary/aromatic N) is 5. The lowest BCUT2D eigenvalue weighted by Gasteiger charge is -2.30. The predicted octanol–water partition coefficient (Wildman–Crippen LogP) is 2.67. The molecule has 1 amide bonds. The highest BCUT2D eigenvalue weighted by Gasteiger charge is 2.45. The van der Waals surface area contributed by atoms with Crippen molar-refractivity contribution in [3.8, 4) is 0 Å². The Morgan fingerprint density at radius 1 is 1.09 bits per heavy atom. The average molecular weight is 494 g/mol. The normalized spacial score (nSPS) is 16.7. The van der Waals surface area contributed by atoms with Gasteiger partial charge >= 0.3 is 0 Å². The molecule has 3 N–H and O–H groups in total. The minimum Gasteiger partial charge on any atom is -0.340 e. The number of primary sulfonamides is 1. The summed E-state index contributed by atoms with van der Waals surface area (Å²) in [6.07, 6.45) is 0. The molecule has 35 heavy (non-hydrogen) atoms. The maximum atomic E-state index is 13.5. The maximum Gasteiger partial charge on any atom is 0.267 e. The minimum absolute atomic E-state index is 0.0379. The Balaban J connectivity index is 1.61. The molecule has 0 spiro atoms. The first kappa shape index (κ1) is 23.1. The van der Waals surface area contributed by atoms with E-state index < -0.39 is 10.0 Å². The SMILES string of the molecule is Cc1ccc(Nc2c3c(nn2Cc2ccc(S(N)(=O)=O)cc2)N2CC(C)(C)N=C2N(C)C3=O)cc1. The molecular weight excluding hydrogens is 466 g/mol. The fraction of sp³-hybridized carbons (Fsp3) is 0.292. The standard InChI is InChI=1S/C24H27N7O3S/c1-15-5-9-17(10-6-15)26-20-19-21(30-14-24(2,3)27-23(30)29(4)22(19)32)28-31(20)13-16-7-11-18(12-8-16)35(25,33)34/h5-12,26H,13-14H2,1-4H3,(H2,25,33,34). The van der Waals surface area contributed by atoms with Crippen LogP contribution in [0.2, 0.25) is 0 Å². The molecule has 0 saturated carbocycles. The molecule has 5 rings (SSSR count). The summed E-state index contributed by atoms with van der Waals surface area (Å²) >= 11 is 0. The highest BCUT2D eigenvalue weighted by Crippen LogP contribution is 2.38. The van der Waals surface area contributed by atoms with Crippen LogP contribution in [-0.2, 0) is 16.6 Å². The van der Waals surface area contributed by atoms with Gasteiger partial charge in [0.05, 0.1) is 23.5 Å². The van der Waals surface area contributed by atoms with Crippen molar-refractivity contribution < 1.29 is 13.2 Å². The van der Waals surface area contributed by atoms with E-state index in [1.54, 1.807) is 28.8 Å². The van der Waals surface area contributed by atoms with E-state index in [4.69, 9.17) is 15.2 Å². The number of aliphatic imine (C=N–C) groups is 1. The van der Waals surface area contributed by atoms with Crippen molar-refractivity contribution in [2.24, 2.45) is 10.1 Å². The van der Waals surface area contributed by atoms with Gasteiger partial charge in [0.2, 0.25) is 16.0 Å². The molecular formula is C24H27N7O3S. The van der Waals surface area contributed by atoms with Crippen LogP contribution in [0.25, 0.3) is 0 Å². The second kappa shape index (κ2) is 7.92. The van der Waals surface area contributed by atoms with Gasteiger partial charge in [-0.15, -0.1) is 0 Å². The number of hydrogen-bond acceptors (Lipinski definition) is 7. The third-order valence-corrected chi connectivity index (χ3v) is 7.03. The summed E-state index contributed by atoms with van der Waals surface area (Å²) in [4.78, 5) is 21.8. The second-order valence-corrected chi connectivity index (χ2v) is 11.1. The molecule has 0 atom stereocenters. The van der Waals surface area contributed by atoms with Crippen molar-refractivity contribution in [3.05, 3.63) is 65.2 Å². The molecule has 0 aliphatic carbocycles. The molecule has 10 nitrogen and oxygen atoms in total. The summed E-state index contributed by atoms with van der Waals surface area (Å²) in [5.74, 6) is 1.49. The van der Waals surface area contributed by atoms with Gasteiger partial charge in [-0.2, -0.15) is 5.10 Å². The van der Waals surface area contributed by atoms with Gasteiger partial charge in [-0.05, 0) is 50.6 Å². The zero-order chi connectivity index (χ0) is 25.1. The number of carbonyl (C=O) groups is 1.